The molecule has 10 heteroatoms. The quantitative estimate of drug-likeness (QED) is 0.358. The number of nitrogens with zero attached hydrogens (tertiary/aromatic N) is 2. The number of amides is 2. The first kappa shape index (κ1) is 21.8. The SMILES string of the molecule is Cc1ccc(NC(=O)COc2ccc(CNCCNC(=O)c3nonc3N)cc2)cc1. The maximum absolute atomic E-state index is 12.0. The van der Waals surface area contributed by atoms with Crippen molar-refractivity contribution in [2.24, 2.45) is 0 Å². The second kappa shape index (κ2) is 10.7. The molecule has 0 saturated carbocycles. The summed E-state index contributed by atoms with van der Waals surface area (Å²) in [5.41, 5.74) is 8.33. The van der Waals surface area contributed by atoms with Crippen LogP contribution in [0.2, 0.25) is 0 Å². The highest BCUT2D eigenvalue weighted by Crippen LogP contribution is 2.13. The van der Waals surface area contributed by atoms with Gasteiger partial charge < -0.3 is 26.4 Å². The topological polar surface area (TPSA) is 144 Å². The van der Waals surface area contributed by atoms with E-state index in [-0.39, 0.29) is 24.0 Å². The summed E-state index contributed by atoms with van der Waals surface area (Å²) in [6.45, 7) is 3.46. The molecule has 2 aromatic carbocycles. The fraction of sp³-hybridized carbons (Fsp3) is 0.238. The van der Waals surface area contributed by atoms with E-state index in [0.29, 0.717) is 25.4 Å². The molecule has 0 aliphatic carbocycles. The fourth-order valence-corrected chi connectivity index (χ4v) is 2.62. The van der Waals surface area contributed by atoms with Gasteiger partial charge in [-0.25, -0.2) is 4.63 Å². The van der Waals surface area contributed by atoms with Crippen molar-refractivity contribution < 1.29 is 19.0 Å². The average Bonchev–Trinajstić information content (AvgIpc) is 3.20. The standard InChI is InChI=1S/C21H24N6O4/c1-14-2-6-16(7-3-14)25-18(28)13-30-17-8-4-15(5-9-17)12-23-10-11-24-21(29)19-20(22)27-31-26-19/h2-9,23H,10-13H2,1H3,(H2,22,27)(H,24,29)(H,25,28). The summed E-state index contributed by atoms with van der Waals surface area (Å²) in [5, 5.41) is 15.5. The predicted octanol–water partition coefficient (Wildman–Crippen LogP) is 1.50. The molecule has 0 fully saturated rings. The van der Waals surface area contributed by atoms with Gasteiger partial charge in [-0.3, -0.25) is 9.59 Å². The molecule has 0 bridgehead atoms. The molecule has 0 aliphatic rings. The molecular weight excluding hydrogens is 400 g/mol. The lowest BCUT2D eigenvalue weighted by Crippen LogP contribution is -2.32. The zero-order valence-corrected chi connectivity index (χ0v) is 17.1. The van der Waals surface area contributed by atoms with Crippen LogP contribution < -0.4 is 26.4 Å². The highest BCUT2D eigenvalue weighted by atomic mass is 16.6. The lowest BCUT2D eigenvalue weighted by Gasteiger charge is -2.09. The molecule has 2 amide bonds. The molecule has 0 unspecified atom stereocenters. The Labute approximate surface area is 179 Å². The van der Waals surface area contributed by atoms with Gasteiger partial charge in [0.2, 0.25) is 11.5 Å². The van der Waals surface area contributed by atoms with Gasteiger partial charge in [0.15, 0.2) is 6.61 Å². The number of aromatic nitrogens is 2. The van der Waals surface area contributed by atoms with Gasteiger partial charge in [0.25, 0.3) is 11.8 Å². The average molecular weight is 424 g/mol. The van der Waals surface area contributed by atoms with E-state index in [1.165, 1.54) is 0 Å². The number of nitrogens with one attached hydrogen (secondary N) is 3. The molecule has 0 atom stereocenters. The Morgan fingerprint density at radius 1 is 1.03 bits per heavy atom. The van der Waals surface area contributed by atoms with Gasteiger partial charge in [-0.2, -0.15) is 0 Å². The second-order valence-corrected chi connectivity index (χ2v) is 6.78. The van der Waals surface area contributed by atoms with Gasteiger partial charge in [0.1, 0.15) is 5.75 Å². The Morgan fingerprint density at radius 3 is 2.45 bits per heavy atom. The molecule has 31 heavy (non-hydrogen) atoms. The van der Waals surface area contributed by atoms with Crippen LogP contribution in [-0.2, 0) is 11.3 Å². The number of rotatable bonds is 10. The smallest absolute Gasteiger partial charge is 0.277 e. The Bertz CT molecular complexity index is 1000. The first-order chi connectivity index (χ1) is 15.0. The van der Waals surface area contributed by atoms with Gasteiger partial charge in [-0.15, -0.1) is 0 Å². The van der Waals surface area contributed by atoms with Crippen molar-refractivity contribution >= 4 is 23.3 Å². The fourth-order valence-electron chi connectivity index (χ4n) is 2.62. The Morgan fingerprint density at radius 2 is 1.77 bits per heavy atom. The van der Waals surface area contributed by atoms with Crippen LogP contribution in [-0.4, -0.2) is 41.8 Å². The molecule has 162 valence electrons. The van der Waals surface area contributed by atoms with E-state index < -0.39 is 5.91 Å². The normalized spacial score (nSPS) is 10.5. The Kier molecular flexibility index (Phi) is 7.55. The number of hydrogen-bond acceptors (Lipinski definition) is 8. The maximum atomic E-state index is 12.0. The lowest BCUT2D eigenvalue weighted by atomic mass is 10.2. The maximum Gasteiger partial charge on any atom is 0.277 e. The summed E-state index contributed by atoms with van der Waals surface area (Å²) in [5.74, 6) is -0.0949. The Balaban J connectivity index is 1.32. The molecule has 0 spiro atoms. The van der Waals surface area contributed by atoms with Crippen molar-refractivity contribution in [1.29, 1.82) is 0 Å². The molecule has 5 N–H and O–H groups in total. The third-order valence-corrected chi connectivity index (χ3v) is 4.27. The summed E-state index contributed by atoms with van der Waals surface area (Å²) in [4.78, 5) is 23.8. The van der Waals surface area contributed by atoms with Gasteiger partial charge in [0.05, 0.1) is 0 Å². The van der Waals surface area contributed by atoms with Crippen molar-refractivity contribution in [3.63, 3.8) is 0 Å². The van der Waals surface area contributed by atoms with Crippen molar-refractivity contribution in [3.05, 3.63) is 65.4 Å². The van der Waals surface area contributed by atoms with Gasteiger partial charge in [-0.05, 0) is 47.1 Å². The summed E-state index contributed by atoms with van der Waals surface area (Å²) < 4.78 is 9.91. The zero-order valence-electron chi connectivity index (χ0n) is 17.1. The van der Waals surface area contributed by atoms with Gasteiger partial charge in [0, 0.05) is 25.3 Å². The molecular formula is C21H24N6O4. The largest absolute Gasteiger partial charge is 0.484 e. The molecule has 1 aromatic heterocycles. The van der Waals surface area contributed by atoms with E-state index in [0.717, 1.165) is 16.8 Å². The minimum absolute atomic E-state index is 0.0249. The molecule has 3 rings (SSSR count). The monoisotopic (exact) mass is 424 g/mol. The number of ether oxygens (including phenoxy) is 1. The summed E-state index contributed by atoms with van der Waals surface area (Å²) in [6, 6.07) is 15.0. The van der Waals surface area contributed by atoms with Crippen LogP contribution in [0.15, 0.2) is 53.2 Å². The van der Waals surface area contributed by atoms with E-state index in [9.17, 15) is 9.59 Å². The van der Waals surface area contributed by atoms with E-state index in [1.54, 1.807) is 12.1 Å². The third-order valence-electron chi connectivity index (χ3n) is 4.27. The van der Waals surface area contributed by atoms with E-state index >= 15 is 0 Å². The zero-order chi connectivity index (χ0) is 22.1. The molecule has 3 aromatic rings. The van der Waals surface area contributed by atoms with Crippen LogP contribution in [0.25, 0.3) is 0 Å². The second-order valence-electron chi connectivity index (χ2n) is 6.78. The number of nitrogen functional groups attached to an aromatic ring is 1. The van der Waals surface area contributed by atoms with Crippen molar-refractivity contribution in [2.45, 2.75) is 13.5 Å². The summed E-state index contributed by atoms with van der Waals surface area (Å²) in [6.07, 6.45) is 0. The van der Waals surface area contributed by atoms with Crippen molar-refractivity contribution in [2.75, 3.05) is 30.7 Å². The molecule has 0 saturated heterocycles. The highest BCUT2D eigenvalue weighted by molar-refractivity contribution is 5.96. The number of aryl methyl sites for hydroxylation is 1. The minimum atomic E-state index is -0.437. The third kappa shape index (κ3) is 6.82. The lowest BCUT2D eigenvalue weighted by molar-refractivity contribution is -0.118. The highest BCUT2D eigenvalue weighted by Gasteiger charge is 2.14. The number of carbonyl (C=O) groups is 2. The number of carbonyl (C=O) groups excluding carboxylic acids is 2. The molecule has 10 nitrogen and oxygen atoms in total. The number of benzene rings is 2. The first-order valence-corrected chi connectivity index (χ1v) is 9.66. The van der Waals surface area contributed by atoms with Crippen LogP contribution in [0.1, 0.15) is 21.6 Å². The summed E-state index contributed by atoms with van der Waals surface area (Å²) in [7, 11) is 0. The van der Waals surface area contributed by atoms with Crippen LogP contribution in [0.4, 0.5) is 11.5 Å². The van der Waals surface area contributed by atoms with E-state index in [2.05, 4.69) is 30.9 Å². The number of anilines is 2. The van der Waals surface area contributed by atoms with Crippen LogP contribution in [0.3, 0.4) is 0 Å². The molecule has 0 radical (unpaired) electrons. The molecule has 0 aliphatic heterocycles. The van der Waals surface area contributed by atoms with E-state index in [1.807, 2.05) is 43.3 Å². The van der Waals surface area contributed by atoms with Crippen LogP contribution in [0, 0.1) is 6.92 Å². The molecule has 1 heterocycles. The van der Waals surface area contributed by atoms with Gasteiger partial charge in [-0.1, -0.05) is 29.8 Å². The number of hydrogen-bond donors (Lipinski definition) is 4. The van der Waals surface area contributed by atoms with Crippen molar-refractivity contribution in [1.82, 2.24) is 20.9 Å². The minimum Gasteiger partial charge on any atom is -0.484 e. The van der Waals surface area contributed by atoms with Gasteiger partial charge >= 0.3 is 0 Å². The Hall–Kier alpha value is -3.92. The number of nitrogens with two attached hydrogens (primary N) is 1. The first-order valence-electron chi connectivity index (χ1n) is 9.66. The van der Waals surface area contributed by atoms with Crippen LogP contribution >= 0.6 is 0 Å². The van der Waals surface area contributed by atoms with Crippen molar-refractivity contribution in [3.8, 4) is 5.75 Å². The summed E-state index contributed by atoms with van der Waals surface area (Å²) >= 11 is 0. The van der Waals surface area contributed by atoms with Crippen LogP contribution in [0.5, 0.6) is 5.75 Å². The van der Waals surface area contributed by atoms with E-state index in [4.69, 9.17) is 10.5 Å². The predicted molar refractivity (Wildman–Crippen MR) is 114 cm³/mol.